The van der Waals surface area contributed by atoms with E-state index < -0.39 is 23.0 Å². The van der Waals surface area contributed by atoms with Crippen molar-refractivity contribution in [3.8, 4) is 11.5 Å². The summed E-state index contributed by atoms with van der Waals surface area (Å²) in [7, 11) is 4.40. The smallest absolute Gasteiger partial charge is 0.341 e. The zero-order valence-electron chi connectivity index (χ0n) is 28.3. The van der Waals surface area contributed by atoms with Crippen molar-refractivity contribution >= 4 is 63.6 Å². The predicted octanol–water partition coefficient (Wildman–Crippen LogP) is 7.35. The highest BCUT2D eigenvalue weighted by molar-refractivity contribution is 8.00. The summed E-state index contributed by atoms with van der Waals surface area (Å²) in [5, 5.41) is 8.58. The maximum Gasteiger partial charge on any atom is 0.341 e. The maximum absolute atomic E-state index is 13.7. The number of thioether (sulfide) groups is 1. The Bertz CT molecular complexity index is 1910. The van der Waals surface area contributed by atoms with Gasteiger partial charge in [0.25, 0.3) is 11.8 Å². The molecule has 10 nitrogen and oxygen atoms in total. The van der Waals surface area contributed by atoms with E-state index in [1.807, 2.05) is 6.07 Å². The van der Waals surface area contributed by atoms with Crippen LogP contribution in [0.2, 0.25) is 0 Å². The number of anilines is 2. The molecule has 0 radical (unpaired) electrons. The van der Waals surface area contributed by atoms with Crippen LogP contribution in [0.4, 0.5) is 10.7 Å². The lowest BCUT2D eigenvalue weighted by molar-refractivity contribution is -0.115. The molecule has 0 bridgehead atoms. The Morgan fingerprint density at radius 3 is 2.38 bits per heavy atom. The minimum absolute atomic E-state index is 0.0103. The summed E-state index contributed by atoms with van der Waals surface area (Å²) in [4.78, 5) is 54.8. The first kappa shape index (κ1) is 36.2. The number of methoxy groups -OCH3 is 3. The summed E-state index contributed by atoms with van der Waals surface area (Å²) in [6.07, 6.45) is 6.35. The fourth-order valence-electron chi connectivity index (χ4n) is 5.50. The lowest BCUT2D eigenvalue weighted by atomic mass is 10.1. The monoisotopic (exact) mass is 713 g/mol. The number of esters is 1. The largest absolute Gasteiger partial charge is 0.497 e. The minimum Gasteiger partial charge on any atom is -0.497 e. The van der Waals surface area contributed by atoms with Gasteiger partial charge in [-0.05, 0) is 86.7 Å². The van der Waals surface area contributed by atoms with Crippen LogP contribution in [0.1, 0.15) is 62.9 Å². The Morgan fingerprint density at radius 1 is 0.860 bits per heavy atom. The van der Waals surface area contributed by atoms with Gasteiger partial charge in [0.1, 0.15) is 22.2 Å². The quantitative estimate of drug-likeness (QED) is 0.0601. The fourth-order valence-corrected chi connectivity index (χ4v) is 7.71. The molecule has 1 aromatic heterocycles. The summed E-state index contributed by atoms with van der Waals surface area (Å²) in [5.74, 6) is -0.694. The molecule has 1 unspecified atom stereocenters. The third-order valence-electron chi connectivity index (χ3n) is 8.09. The van der Waals surface area contributed by atoms with Crippen LogP contribution in [-0.4, -0.2) is 50.3 Å². The molecule has 0 fully saturated rings. The van der Waals surface area contributed by atoms with Crippen LogP contribution in [0.15, 0.2) is 83.4 Å². The van der Waals surface area contributed by atoms with E-state index in [4.69, 9.17) is 14.2 Å². The van der Waals surface area contributed by atoms with Crippen molar-refractivity contribution in [2.45, 2.75) is 49.2 Å². The number of nitrogens with one attached hydrogen (secondary N) is 3. The summed E-state index contributed by atoms with van der Waals surface area (Å²) < 4.78 is 15.9. The molecule has 12 heteroatoms. The molecule has 3 amide bonds. The molecular formula is C38H39N3O7S2. The summed E-state index contributed by atoms with van der Waals surface area (Å²) in [6, 6.07) is 20.8. The number of carbonyl (C=O) groups is 4. The number of fused-ring (bicyclic) bond motifs is 1. The zero-order valence-corrected chi connectivity index (χ0v) is 29.9. The van der Waals surface area contributed by atoms with Crippen LogP contribution < -0.4 is 25.4 Å². The molecule has 1 heterocycles. The molecule has 0 aliphatic heterocycles. The van der Waals surface area contributed by atoms with Gasteiger partial charge in [0.2, 0.25) is 5.91 Å². The molecule has 0 spiro atoms. The number of carbonyl (C=O) groups excluding carboxylic acids is 4. The van der Waals surface area contributed by atoms with Crippen molar-refractivity contribution in [3.05, 3.63) is 106 Å². The van der Waals surface area contributed by atoms with Crippen LogP contribution in [-0.2, 0) is 27.2 Å². The standard InChI is InChI=1S/C38H39N3O7S2/c1-23(34(42)41-37-33(38(45)48-4)29-16-9-6-10-17-32(29)50-37)49-28-15-11-14-26(21-28)39-36(44)30(40-35(43)24-12-7-5-8-13-24)20-25-18-19-27(46-2)22-31(25)47-3/h5,7-8,11-15,18-23H,6,9-10,16-17H2,1-4H3,(H,39,44)(H,40,43)(H,41,42)/b30-20+. The van der Waals surface area contributed by atoms with Crippen molar-refractivity contribution < 1.29 is 33.4 Å². The third-order valence-corrected chi connectivity index (χ3v) is 10.4. The number of ether oxygens (including phenoxy) is 3. The fraction of sp³-hybridized carbons (Fsp3) is 0.263. The molecule has 1 aliphatic rings. The maximum atomic E-state index is 13.7. The van der Waals surface area contributed by atoms with Gasteiger partial charge in [-0.2, -0.15) is 0 Å². The molecule has 0 saturated carbocycles. The van der Waals surface area contributed by atoms with E-state index in [1.54, 1.807) is 80.8 Å². The van der Waals surface area contributed by atoms with Crippen LogP contribution in [0, 0.1) is 0 Å². The lowest BCUT2D eigenvalue weighted by Gasteiger charge is -2.15. The molecular weight excluding hydrogens is 675 g/mol. The number of hydrogen-bond acceptors (Lipinski definition) is 9. The Balaban J connectivity index is 1.33. The minimum atomic E-state index is -0.562. The van der Waals surface area contributed by atoms with Crippen molar-refractivity contribution in [3.63, 3.8) is 0 Å². The zero-order chi connectivity index (χ0) is 35.6. The van der Waals surface area contributed by atoms with Crippen LogP contribution in [0.3, 0.4) is 0 Å². The first-order chi connectivity index (χ1) is 24.2. The average Bonchev–Trinajstić information content (AvgIpc) is 3.30. The van der Waals surface area contributed by atoms with E-state index in [-0.39, 0.29) is 11.6 Å². The highest BCUT2D eigenvalue weighted by Gasteiger charge is 2.27. The van der Waals surface area contributed by atoms with Crippen molar-refractivity contribution in [2.75, 3.05) is 32.0 Å². The summed E-state index contributed by atoms with van der Waals surface area (Å²) in [5.41, 5.74) is 2.83. The van der Waals surface area contributed by atoms with E-state index in [0.717, 1.165) is 47.4 Å². The number of hydrogen-bond donors (Lipinski definition) is 3. The number of thiophene rings is 1. The van der Waals surface area contributed by atoms with Gasteiger partial charge in [-0.3, -0.25) is 14.4 Å². The van der Waals surface area contributed by atoms with Gasteiger partial charge in [0.05, 0.1) is 32.1 Å². The van der Waals surface area contributed by atoms with Gasteiger partial charge in [-0.25, -0.2) is 4.79 Å². The molecule has 1 aliphatic carbocycles. The average molecular weight is 714 g/mol. The van der Waals surface area contributed by atoms with Gasteiger partial charge in [-0.15, -0.1) is 23.1 Å². The normalized spacial score (nSPS) is 13.2. The molecule has 3 aromatic carbocycles. The SMILES string of the molecule is COC(=O)c1c(NC(=O)C(C)Sc2cccc(NC(=O)/C(=C\c3ccc(OC)cc3OC)NC(=O)c3ccccc3)c2)sc2c1CCCCC2. The van der Waals surface area contributed by atoms with E-state index in [1.165, 1.54) is 43.4 Å². The first-order valence-electron chi connectivity index (χ1n) is 16.1. The molecule has 0 saturated heterocycles. The van der Waals surface area contributed by atoms with Gasteiger partial charge in [0, 0.05) is 32.7 Å². The Labute approximate surface area is 299 Å². The number of amides is 3. The van der Waals surface area contributed by atoms with Gasteiger partial charge >= 0.3 is 5.97 Å². The third kappa shape index (κ3) is 8.93. The van der Waals surface area contributed by atoms with E-state index in [0.29, 0.717) is 38.9 Å². The van der Waals surface area contributed by atoms with Gasteiger partial charge < -0.3 is 30.2 Å². The summed E-state index contributed by atoms with van der Waals surface area (Å²) in [6.45, 7) is 1.78. The highest BCUT2D eigenvalue weighted by Crippen LogP contribution is 2.38. The highest BCUT2D eigenvalue weighted by atomic mass is 32.2. The molecule has 1 atom stereocenters. The van der Waals surface area contributed by atoms with Crippen LogP contribution >= 0.6 is 23.1 Å². The van der Waals surface area contributed by atoms with Gasteiger partial charge in [-0.1, -0.05) is 30.7 Å². The Hall–Kier alpha value is -5.07. The molecule has 50 heavy (non-hydrogen) atoms. The number of rotatable bonds is 12. The van der Waals surface area contributed by atoms with Crippen molar-refractivity contribution in [1.29, 1.82) is 0 Å². The second-order valence-electron chi connectivity index (χ2n) is 11.5. The number of aryl methyl sites for hydroxylation is 1. The Kier molecular flexibility index (Phi) is 12.3. The Morgan fingerprint density at radius 2 is 1.64 bits per heavy atom. The lowest BCUT2D eigenvalue weighted by Crippen LogP contribution is -2.30. The molecule has 3 N–H and O–H groups in total. The van der Waals surface area contributed by atoms with Crippen molar-refractivity contribution in [1.82, 2.24) is 5.32 Å². The molecule has 5 rings (SSSR count). The van der Waals surface area contributed by atoms with E-state index in [9.17, 15) is 19.2 Å². The molecule has 260 valence electrons. The van der Waals surface area contributed by atoms with Crippen LogP contribution in [0.5, 0.6) is 11.5 Å². The second kappa shape index (κ2) is 17.0. The number of benzene rings is 3. The first-order valence-corrected chi connectivity index (χ1v) is 17.8. The van der Waals surface area contributed by atoms with Gasteiger partial charge in [0.15, 0.2) is 0 Å². The molecule has 4 aromatic rings. The van der Waals surface area contributed by atoms with Crippen molar-refractivity contribution in [2.24, 2.45) is 0 Å². The van der Waals surface area contributed by atoms with E-state index in [2.05, 4.69) is 16.0 Å². The summed E-state index contributed by atoms with van der Waals surface area (Å²) >= 11 is 2.76. The second-order valence-corrected chi connectivity index (χ2v) is 14.0. The van der Waals surface area contributed by atoms with E-state index >= 15 is 0 Å². The topological polar surface area (TPSA) is 132 Å². The van der Waals surface area contributed by atoms with Crippen LogP contribution in [0.25, 0.3) is 6.08 Å². The predicted molar refractivity (Wildman–Crippen MR) is 197 cm³/mol.